The van der Waals surface area contributed by atoms with Gasteiger partial charge >= 0.3 is 0 Å². The number of allylic oxidation sites excluding steroid dienone is 2. The molecule has 1 aromatic rings. The molecule has 1 N–H and O–H groups in total. The van der Waals surface area contributed by atoms with Gasteiger partial charge in [0.1, 0.15) is 0 Å². The van der Waals surface area contributed by atoms with Crippen LogP contribution < -0.4 is 5.32 Å². The van der Waals surface area contributed by atoms with E-state index in [9.17, 15) is 0 Å². The van der Waals surface area contributed by atoms with Crippen molar-refractivity contribution in [2.24, 2.45) is 0 Å². The summed E-state index contributed by atoms with van der Waals surface area (Å²) in [5, 5.41) is 4.39. The first kappa shape index (κ1) is 9.63. The molecule has 1 aliphatic heterocycles. The maximum absolute atomic E-state index is 5.93. The Hall–Kier alpha value is -0.920. The van der Waals surface area contributed by atoms with Gasteiger partial charge in [0.05, 0.1) is 16.1 Å². The number of dihydropyridines is 1. The van der Waals surface area contributed by atoms with Crippen molar-refractivity contribution in [3.05, 3.63) is 58.2 Å². The number of hydrogen-bond acceptors (Lipinski definition) is 1. The van der Waals surface area contributed by atoms with Crippen LogP contribution in [0.25, 0.3) is 0 Å². The molecule has 0 bridgehead atoms. The molecule has 0 aromatic heterocycles. The molecule has 1 heterocycles. The minimum atomic E-state index is 0.190. The van der Waals surface area contributed by atoms with Crippen molar-refractivity contribution in [2.75, 3.05) is 0 Å². The Morgan fingerprint density at radius 2 is 1.93 bits per heavy atom. The summed E-state index contributed by atoms with van der Waals surface area (Å²) in [7, 11) is 0. The summed E-state index contributed by atoms with van der Waals surface area (Å²) in [6.07, 6.45) is 7.93. The maximum atomic E-state index is 5.93. The van der Waals surface area contributed by atoms with Crippen molar-refractivity contribution in [1.29, 1.82) is 0 Å². The molecular formula is C11H9Cl2N. The van der Waals surface area contributed by atoms with Gasteiger partial charge in [-0.3, -0.25) is 0 Å². The van der Waals surface area contributed by atoms with E-state index in [2.05, 4.69) is 11.4 Å². The second kappa shape index (κ2) is 4.07. The summed E-state index contributed by atoms with van der Waals surface area (Å²) in [5.41, 5.74) is 1.11. The Morgan fingerprint density at radius 3 is 2.57 bits per heavy atom. The highest BCUT2D eigenvalue weighted by Crippen LogP contribution is 2.26. The highest BCUT2D eigenvalue weighted by Gasteiger charge is 2.08. The van der Waals surface area contributed by atoms with Crippen LogP contribution in [0.4, 0.5) is 0 Å². The zero-order chi connectivity index (χ0) is 9.97. The van der Waals surface area contributed by atoms with E-state index in [1.807, 2.05) is 36.6 Å². The van der Waals surface area contributed by atoms with E-state index in [1.165, 1.54) is 0 Å². The van der Waals surface area contributed by atoms with Crippen LogP contribution in [0.5, 0.6) is 0 Å². The standard InChI is InChI=1S/C11H9Cl2N/c12-9-5-4-8(7-10(9)13)11-3-1-2-6-14-11/h1-7,11,14H. The summed E-state index contributed by atoms with van der Waals surface area (Å²) >= 11 is 11.8. The summed E-state index contributed by atoms with van der Waals surface area (Å²) in [5.74, 6) is 0. The molecule has 1 unspecified atom stereocenters. The van der Waals surface area contributed by atoms with Crippen molar-refractivity contribution >= 4 is 23.2 Å². The van der Waals surface area contributed by atoms with Gasteiger partial charge < -0.3 is 5.32 Å². The molecule has 14 heavy (non-hydrogen) atoms. The molecule has 0 saturated carbocycles. The third kappa shape index (κ3) is 1.94. The van der Waals surface area contributed by atoms with E-state index in [-0.39, 0.29) is 6.04 Å². The lowest BCUT2D eigenvalue weighted by Crippen LogP contribution is -2.14. The molecule has 0 fully saturated rings. The van der Waals surface area contributed by atoms with Gasteiger partial charge in [0.2, 0.25) is 0 Å². The van der Waals surface area contributed by atoms with Crippen LogP contribution in [-0.4, -0.2) is 0 Å². The predicted molar refractivity (Wildman–Crippen MR) is 60.6 cm³/mol. The summed E-state index contributed by atoms with van der Waals surface area (Å²) < 4.78 is 0. The summed E-state index contributed by atoms with van der Waals surface area (Å²) in [4.78, 5) is 0. The average Bonchev–Trinajstić information content (AvgIpc) is 2.23. The average molecular weight is 226 g/mol. The lowest BCUT2D eigenvalue weighted by Gasteiger charge is -2.16. The second-order valence-electron chi connectivity index (χ2n) is 3.06. The van der Waals surface area contributed by atoms with E-state index >= 15 is 0 Å². The third-order valence-corrected chi connectivity index (χ3v) is 2.83. The molecule has 0 radical (unpaired) electrons. The predicted octanol–water partition coefficient (Wildman–Crippen LogP) is 3.71. The molecule has 0 amide bonds. The Bertz CT molecular complexity index is 396. The van der Waals surface area contributed by atoms with Crippen molar-refractivity contribution in [1.82, 2.24) is 5.32 Å². The lowest BCUT2D eigenvalue weighted by molar-refractivity contribution is 0.746. The SMILES string of the molecule is Clc1ccc(C2C=CC=CN2)cc1Cl. The van der Waals surface area contributed by atoms with Crippen LogP contribution >= 0.6 is 23.2 Å². The maximum Gasteiger partial charge on any atom is 0.0696 e. The minimum Gasteiger partial charge on any atom is -0.381 e. The first-order chi connectivity index (χ1) is 6.77. The van der Waals surface area contributed by atoms with Gasteiger partial charge in [-0.2, -0.15) is 0 Å². The Labute approximate surface area is 93.0 Å². The van der Waals surface area contributed by atoms with E-state index in [0.29, 0.717) is 10.0 Å². The monoisotopic (exact) mass is 225 g/mol. The smallest absolute Gasteiger partial charge is 0.0696 e. The number of hydrogen-bond donors (Lipinski definition) is 1. The molecule has 0 saturated heterocycles. The van der Waals surface area contributed by atoms with Crippen molar-refractivity contribution in [3.8, 4) is 0 Å². The fourth-order valence-corrected chi connectivity index (χ4v) is 1.67. The molecule has 2 rings (SSSR count). The molecule has 0 spiro atoms. The largest absolute Gasteiger partial charge is 0.381 e. The molecule has 1 nitrogen and oxygen atoms in total. The van der Waals surface area contributed by atoms with Gasteiger partial charge in [0.15, 0.2) is 0 Å². The van der Waals surface area contributed by atoms with Crippen LogP contribution in [0.1, 0.15) is 11.6 Å². The van der Waals surface area contributed by atoms with Crippen molar-refractivity contribution in [3.63, 3.8) is 0 Å². The number of rotatable bonds is 1. The summed E-state index contributed by atoms with van der Waals surface area (Å²) in [6, 6.07) is 5.85. The number of halogens is 2. The normalized spacial score (nSPS) is 19.4. The molecule has 3 heteroatoms. The zero-order valence-corrected chi connectivity index (χ0v) is 8.89. The van der Waals surface area contributed by atoms with Gasteiger partial charge in [0.25, 0.3) is 0 Å². The van der Waals surface area contributed by atoms with Gasteiger partial charge in [-0.1, -0.05) is 41.4 Å². The van der Waals surface area contributed by atoms with Crippen LogP contribution in [-0.2, 0) is 0 Å². The Kier molecular flexibility index (Phi) is 2.80. The molecule has 1 aromatic carbocycles. The first-order valence-electron chi connectivity index (χ1n) is 4.32. The van der Waals surface area contributed by atoms with Crippen LogP contribution in [0, 0.1) is 0 Å². The van der Waals surface area contributed by atoms with Crippen LogP contribution in [0.2, 0.25) is 10.0 Å². The molecule has 1 aliphatic rings. The van der Waals surface area contributed by atoms with E-state index in [1.54, 1.807) is 0 Å². The first-order valence-corrected chi connectivity index (χ1v) is 5.07. The van der Waals surface area contributed by atoms with E-state index in [0.717, 1.165) is 5.56 Å². The van der Waals surface area contributed by atoms with Gasteiger partial charge in [-0.05, 0) is 30.0 Å². The third-order valence-electron chi connectivity index (χ3n) is 2.09. The van der Waals surface area contributed by atoms with E-state index in [4.69, 9.17) is 23.2 Å². The Morgan fingerprint density at radius 1 is 1.07 bits per heavy atom. The highest BCUT2D eigenvalue weighted by molar-refractivity contribution is 6.42. The highest BCUT2D eigenvalue weighted by atomic mass is 35.5. The second-order valence-corrected chi connectivity index (χ2v) is 3.88. The van der Waals surface area contributed by atoms with Gasteiger partial charge in [0, 0.05) is 0 Å². The van der Waals surface area contributed by atoms with E-state index < -0.39 is 0 Å². The van der Waals surface area contributed by atoms with Crippen LogP contribution in [0.3, 0.4) is 0 Å². The topological polar surface area (TPSA) is 12.0 Å². The van der Waals surface area contributed by atoms with Gasteiger partial charge in [-0.25, -0.2) is 0 Å². The summed E-state index contributed by atoms with van der Waals surface area (Å²) in [6.45, 7) is 0. The minimum absolute atomic E-state index is 0.190. The van der Waals surface area contributed by atoms with Gasteiger partial charge in [-0.15, -0.1) is 0 Å². The fourth-order valence-electron chi connectivity index (χ4n) is 1.36. The lowest BCUT2D eigenvalue weighted by atomic mass is 10.1. The van der Waals surface area contributed by atoms with Crippen molar-refractivity contribution in [2.45, 2.75) is 6.04 Å². The quantitative estimate of drug-likeness (QED) is 0.769. The molecular weight excluding hydrogens is 217 g/mol. The van der Waals surface area contributed by atoms with Crippen LogP contribution in [0.15, 0.2) is 42.6 Å². The number of benzene rings is 1. The molecule has 1 atom stereocenters. The van der Waals surface area contributed by atoms with Crippen molar-refractivity contribution < 1.29 is 0 Å². The number of nitrogens with one attached hydrogen (secondary N) is 1. The zero-order valence-electron chi connectivity index (χ0n) is 7.37. The molecule has 0 aliphatic carbocycles. The Balaban J connectivity index is 2.28. The molecule has 72 valence electrons. The fraction of sp³-hybridized carbons (Fsp3) is 0.0909.